The van der Waals surface area contributed by atoms with Crippen molar-refractivity contribution >= 4 is 34.4 Å². The van der Waals surface area contributed by atoms with Gasteiger partial charge in [0.1, 0.15) is 11.8 Å². The molecule has 1 atom stereocenters. The van der Waals surface area contributed by atoms with Gasteiger partial charge in [0.15, 0.2) is 0 Å². The molecule has 3 rings (SSSR count). The fourth-order valence-corrected chi connectivity index (χ4v) is 3.22. The molecule has 144 valence electrons. The summed E-state index contributed by atoms with van der Waals surface area (Å²) < 4.78 is 10.00. The van der Waals surface area contributed by atoms with Crippen LogP contribution >= 0.6 is 11.6 Å². The molecule has 0 bridgehead atoms. The minimum atomic E-state index is -0.867. The number of halogens is 1. The lowest BCUT2D eigenvalue weighted by Gasteiger charge is -2.17. The van der Waals surface area contributed by atoms with E-state index in [0.717, 1.165) is 5.56 Å². The molecule has 7 heteroatoms. The van der Waals surface area contributed by atoms with E-state index in [2.05, 4.69) is 10.3 Å². The van der Waals surface area contributed by atoms with Gasteiger partial charge in [-0.3, -0.25) is 9.78 Å². The van der Waals surface area contributed by atoms with E-state index in [1.165, 1.54) is 14.2 Å². The van der Waals surface area contributed by atoms with Crippen LogP contribution in [0.25, 0.3) is 10.9 Å². The Labute approximate surface area is 167 Å². The van der Waals surface area contributed by atoms with E-state index in [9.17, 15) is 9.59 Å². The van der Waals surface area contributed by atoms with Crippen LogP contribution in [0.3, 0.4) is 0 Å². The van der Waals surface area contributed by atoms with Crippen molar-refractivity contribution in [1.82, 2.24) is 10.3 Å². The van der Waals surface area contributed by atoms with E-state index in [1.54, 1.807) is 30.5 Å². The standard InChI is InChI=1S/C21H19ClN2O4/c1-27-19-8-7-13(11-16(19)22)12-18(21(26)28-2)24-20(25)15-9-10-23-17-6-4-3-5-14(15)17/h3-11,18H,12H2,1-2H3,(H,24,25)/t18-/m1/s1. The van der Waals surface area contributed by atoms with Gasteiger partial charge in [-0.05, 0) is 29.8 Å². The number of esters is 1. The number of ether oxygens (including phenoxy) is 2. The largest absolute Gasteiger partial charge is 0.495 e. The van der Waals surface area contributed by atoms with Crippen LogP contribution in [0.2, 0.25) is 5.02 Å². The molecule has 0 radical (unpaired) electrons. The van der Waals surface area contributed by atoms with Gasteiger partial charge >= 0.3 is 5.97 Å². The highest BCUT2D eigenvalue weighted by atomic mass is 35.5. The van der Waals surface area contributed by atoms with Crippen LogP contribution in [0.4, 0.5) is 0 Å². The van der Waals surface area contributed by atoms with E-state index in [1.807, 2.05) is 24.3 Å². The van der Waals surface area contributed by atoms with Gasteiger partial charge in [0.2, 0.25) is 0 Å². The van der Waals surface area contributed by atoms with Gasteiger partial charge in [0.25, 0.3) is 5.91 Å². The van der Waals surface area contributed by atoms with Crippen LogP contribution in [0.15, 0.2) is 54.7 Å². The third-order valence-corrected chi connectivity index (χ3v) is 4.64. The zero-order valence-corrected chi connectivity index (χ0v) is 16.2. The Kier molecular flexibility index (Phi) is 6.11. The van der Waals surface area contributed by atoms with Crippen molar-refractivity contribution in [2.45, 2.75) is 12.5 Å². The van der Waals surface area contributed by atoms with Crippen molar-refractivity contribution in [3.05, 3.63) is 70.9 Å². The van der Waals surface area contributed by atoms with Crippen LogP contribution in [-0.2, 0) is 16.0 Å². The number of amides is 1. The number of fused-ring (bicyclic) bond motifs is 1. The smallest absolute Gasteiger partial charge is 0.328 e. The molecule has 0 aliphatic heterocycles. The topological polar surface area (TPSA) is 77.5 Å². The number of carbonyl (C=O) groups excluding carboxylic acids is 2. The normalized spacial score (nSPS) is 11.7. The number of carbonyl (C=O) groups is 2. The molecule has 3 aromatic rings. The zero-order chi connectivity index (χ0) is 20.1. The number of pyridine rings is 1. The van der Waals surface area contributed by atoms with Crippen molar-refractivity contribution in [2.24, 2.45) is 0 Å². The van der Waals surface area contributed by atoms with Gasteiger partial charge < -0.3 is 14.8 Å². The first-order valence-corrected chi connectivity index (χ1v) is 8.96. The molecule has 0 spiro atoms. The number of hydrogen-bond acceptors (Lipinski definition) is 5. The molecule has 6 nitrogen and oxygen atoms in total. The molecule has 28 heavy (non-hydrogen) atoms. The summed E-state index contributed by atoms with van der Waals surface area (Å²) in [6, 6.07) is 13.3. The summed E-state index contributed by atoms with van der Waals surface area (Å²) in [7, 11) is 2.81. The summed E-state index contributed by atoms with van der Waals surface area (Å²) in [5, 5.41) is 3.89. The number of aromatic nitrogens is 1. The maximum absolute atomic E-state index is 12.9. The molecule has 1 aromatic heterocycles. The van der Waals surface area contributed by atoms with Gasteiger partial charge in [0.05, 0.1) is 30.3 Å². The van der Waals surface area contributed by atoms with Gasteiger partial charge in [-0.25, -0.2) is 4.79 Å². The second-order valence-corrected chi connectivity index (χ2v) is 6.51. The Morgan fingerprint density at radius 2 is 1.93 bits per heavy atom. The Bertz CT molecular complexity index is 1020. The summed E-state index contributed by atoms with van der Waals surface area (Å²) in [6.07, 6.45) is 1.79. The highest BCUT2D eigenvalue weighted by Crippen LogP contribution is 2.25. The lowest BCUT2D eigenvalue weighted by molar-refractivity contribution is -0.142. The first-order chi connectivity index (χ1) is 13.5. The lowest BCUT2D eigenvalue weighted by atomic mass is 10.0. The minimum Gasteiger partial charge on any atom is -0.495 e. The van der Waals surface area contributed by atoms with Gasteiger partial charge in [-0.2, -0.15) is 0 Å². The molecule has 0 unspecified atom stereocenters. The molecular formula is C21H19ClN2O4. The monoisotopic (exact) mass is 398 g/mol. The van der Waals surface area contributed by atoms with E-state index >= 15 is 0 Å². The Morgan fingerprint density at radius 3 is 2.64 bits per heavy atom. The molecule has 2 aromatic carbocycles. The van der Waals surface area contributed by atoms with Crippen LogP contribution in [0, 0.1) is 0 Å². The van der Waals surface area contributed by atoms with Crippen LogP contribution in [0.5, 0.6) is 5.75 Å². The highest BCUT2D eigenvalue weighted by Gasteiger charge is 2.24. The van der Waals surface area contributed by atoms with Crippen LogP contribution in [0.1, 0.15) is 15.9 Å². The van der Waals surface area contributed by atoms with Crippen molar-refractivity contribution in [1.29, 1.82) is 0 Å². The maximum Gasteiger partial charge on any atom is 0.328 e. The molecule has 1 amide bonds. The summed E-state index contributed by atoms with van der Waals surface area (Å²) in [6.45, 7) is 0. The minimum absolute atomic E-state index is 0.227. The molecule has 0 aliphatic rings. The number of nitrogens with one attached hydrogen (secondary N) is 1. The predicted molar refractivity (Wildman–Crippen MR) is 107 cm³/mol. The fraction of sp³-hybridized carbons (Fsp3) is 0.190. The third-order valence-electron chi connectivity index (χ3n) is 4.34. The van der Waals surface area contributed by atoms with Gasteiger partial charge in [-0.1, -0.05) is 35.9 Å². The Morgan fingerprint density at radius 1 is 1.14 bits per heavy atom. The SMILES string of the molecule is COC(=O)[C@@H](Cc1ccc(OC)c(Cl)c1)NC(=O)c1ccnc2ccccc12. The molecule has 0 saturated carbocycles. The molecule has 0 fully saturated rings. The fourth-order valence-electron chi connectivity index (χ4n) is 2.94. The van der Waals surface area contributed by atoms with Crippen LogP contribution < -0.4 is 10.1 Å². The molecular weight excluding hydrogens is 380 g/mol. The Hall–Kier alpha value is -3.12. The molecule has 0 aliphatic carbocycles. The molecule has 1 heterocycles. The summed E-state index contributed by atoms with van der Waals surface area (Å²) in [5.41, 5.74) is 1.90. The predicted octanol–water partition coefficient (Wildman–Crippen LogP) is 3.41. The van der Waals surface area contributed by atoms with Crippen LogP contribution in [-0.4, -0.2) is 37.1 Å². The highest BCUT2D eigenvalue weighted by molar-refractivity contribution is 6.32. The van der Waals surface area contributed by atoms with E-state index in [0.29, 0.717) is 27.2 Å². The second kappa shape index (κ2) is 8.71. The lowest BCUT2D eigenvalue weighted by Crippen LogP contribution is -2.43. The number of para-hydroxylation sites is 1. The second-order valence-electron chi connectivity index (χ2n) is 6.10. The maximum atomic E-state index is 12.9. The van der Waals surface area contributed by atoms with Crippen molar-refractivity contribution in [2.75, 3.05) is 14.2 Å². The number of benzene rings is 2. The number of hydrogen-bond donors (Lipinski definition) is 1. The molecule has 0 saturated heterocycles. The summed E-state index contributed by atoms with van der Waals surface area (Å²) in [4.78, 5) is 29.4. The van der Waals surface area contributed by atoms with Crippen molar-refractivity contribution < 1.29 is 19.1 Å². The average Bonchev–Trinajstić information content (AvgIpc) is 2.72. The first-order valence-electron chi connectivity index (χ1n) is 8.58. The number of methoxy groups -OCH3 is 2. The van der Waals surface area contributed by atoms with Crippen molar-refractivity contribution in [3.8, 4) is 5.75 Å². The summed E-state index contributed by atoms with van der Waals surface area (Å²) >= 11 is 6.16. The first kappa shape index (κ1) is 19.6. The van der Waals surface area contributed by atoms with E-state index in [-0.39, 0.29) is 12.3 Å². The number of rotatable bonds is 6. The number of nitrogens with zero attached hydrogens (tertiary/aromatic N) is 1. The zero-order valence-electron chi connectivity index (χ0n) is 15.4. The molecule has 1 N–H and O–H groups in total. The van der Waals surface area contributed by atoms with Gasteiger partial charge in [0, 0.05) is 18.0 Å². The Balaban J connectivity index is 1.85. The third kappa shape index (κ3) is 4.23. The van der Waals surface area contributed by atoms with E-state index in [4.69, 9.17) is 21.1 Å². The van der Waals surface area contributed by atoms with E-state index < -0.39 is 12.0 Å². The summed E-state index contributed by atoms with van der Waals surface area (Å²) in [5.74, 6) is -0.389. The van der Waals surface area contributed by atoms with Gasteiger partial charge in [-0.15, -0.1) is 0 Å². The average molecular weight is 399 g/mol. The quantitative estimate of drug-likeness (QED) is 0.644. The van der Waals surface area contributed by atoms with Crippen molar-refractivity contribution in [3.63, 3.8) is 0 Å².